The van der Waals surface area contributed by atoms with E-state index in [9.17, 15) is 9.18 Å². The van der Waals surface area contributed by atoms with Crippen LogP contribution in [0.2, 0.25) is 5.02 Å². The van der Waals surface area contributed by atoms with Crippen molar-refractivity contribution in [3.63, 3.8) is 0 Å². The molecule has 1 N–H and O–H groups in total. The topological polar surface area (TPSA) is 45.2 Å². The summed E-state index contributed by atoms with van der Waals surface area (Å²) in [5.41, 5.74) is 1.24. The molecule has 3 rings (SSSR count). The number of nitrogens with zero attached hydrogens (tertiary/aromatic N) is 2. The molecular formula is C16H17ClFN3OS. The lowest BCUT2D eigenvalue weighted by molar-refractivity contribution is -0.115. The second kappa shape index (κ2) is 7.38. The van der Waals surface area contributed by atoms with E-state index in [0.29, 0.717) is 5.69 Å². The highest BCUT2D eigenvalue weighted by molar-refractivity contribution is 7.09. The molecule has 1 aromatic carbocycles. The van der Waals surface area contributed by atoms with Gasteiger partial charge in [-0.25, -0.2) is 9.37 Å². The number of amides is 1. The highest BCUT2D eigenvalue weighted by atomic mass is 35.5. The number of likely N-dealkylation sites (tertiary alicyclic amines) is 1. The molecule has 0 atom stereocenters. The van der Waals surface area contributed by atoms with Gasteiger partial charge in [-0.05, 0) is 44.1 Å². The average molecular weight is 354 g/mol. The third-order valence-corrected chi connectivity index (χ3v) is 4.87. The summed E-state index contributed by atoms with van der Waals surface area (Å²) in [6.07, 6.45) is 2.70. The highest BCUT2D eigenvalue weighted by Crippen LogP contribution is 2.20. The fourth-order valence-electron chi connectivity index (χ4n) is 2.58. The maximum atomic E-state index is 13.1. The molecule has 0 aliphatic carbocycles. The minimum absolute atomic E-state index is 0.00985. The zero-order chi connectivity index (χ0) is 16.2. The van der Waals surface area contributed by atoms with Gasteiger partial charge in [0.15, 0.2) is 0 Å². The molecule has 2 heterocycles. The quantitative estimate of drug-likeness (QED) is 0.891. The summed E-state index contributed by atoms with van der Waals surface area (Å²) in [4.78, 5) is 18.9. The van der Waals surface area contributed by atoms with E-state index in [1.807, 2.05) is 5.38 Å². The number of aromatic nitrogens is 1. The number of thiazole rings is 1. The van der Waals surface area contributed by atoms with Crippen molar-refractivity contribution in [2.75, 3.05) is 18.4 Å². The van der Waals surface area contributed by atoms with Crippen LogP contribution in [0.5, 0.6) is 0 Å². The zero-order valence-electron chi connectivity index (χ0n) is 12.5. The van der Waals surface area contributed by atoms with Crippen LogP contribution in [0.3, 0.4) is 0 Å². The summed E-state index contributed by atoms with van der Waals surface area (Å²) < 4.78 is 13.1. The Morgan fingerprint density at radius 2 is 2.17 bits per heavy atom. The standard InChI is InChI=1S/C16H17ClFN3OS/c17-13-7-11(3-4-14(13)18)19-15(22)8-12-10-23-16(20-12)9-21-5-1-2-6-21/h3-4,7,10H,1-2,5-6,8-9H2,(H,19,22). The van der Waals surface area contributed by atoms with Gasteiger partial charge < -0.3 is 5.32 Å². The summed E-state index contributed by atoms with van der Waals surface area (Å²) in [6, 6.07) is 4.11. The van der Waals surface area contributed by atoms with Gasteiger partial charge in [0.25, 0.3) is 0 Å². The van der Waals surface area contributed by atoms with E-state index < -0.39 is 5.82 Å². The van der Waals surface area contributed by atoms with E-state index in [4.69, 9.17) is 11.6 Å². The Morgan fingerprint density at radius 3 is 2.91 bits per heavy atom. The van der Waals surface area contributed by atoms with Crippen LogP contribution in [0.1, 0.15) is 23.5 Å². The van der Waals surface area contributed by atoms with Crippen LogP contribution in [-0.2, 0) is 17.8 Å². The molecule has 1 fully saturated rings. The lowest BCUT2D eigenvalue weighted by Crippen LogP contribution is -2.18. The molecule has 0 saturated carbocycles. The zero-order valence-corrected chi connectivity index (χ0v) is 14.1. The van der Waals surface area contributed by atoms with Gasteiger partial charge in [-0.15, -0.1) is 11.3 Å². The normalized spacial score (nSPS) is 15.0. The molecule has 1 amide bonds. The molecular weight excluding hydrogens is 337 g/mol. The van der Waals surface area contributed by atoms with Crippen molar-refractivity contribution in [3.8, 4) is 0 Å². The second-order valence-corrected chi connectivity index (χ2v) is 6.92. The smallest absolute Gasteiger partial charge is 0.230 e. The van der Waals surface area contributed by atoms with Gasteiger partial charge in [-0.3, -0.25) is 9.69 Å². The Bertz CT molecular complexity index is 700. The van der Waals surface area contributed by atoms with E-state index in [-0.39, 0.29) is 17.4 Å². The lowest BCUT2D eigenvalue weighted by Gasteiger charge is -2.11. The molecule has 2 aromatic rings. The Kier molecular flexibility index (Phi) is 5.25. The largest absolute Gasteiger partial charge is 0.326 e. The predicted molar refractivity (Wildman–Crippen MR) is 90.4 cm³/mol. The predicted octanol–water partition coefficient (Wildman–Crippen LogP) is 3.71. The molecule has 7 heteroatoms. The molecule has 4 nitrogen and oxygen atoms in total. The summed E-state index contributed by atoms with van der Waals surface area (Å²) in [7, 11) is 0. The number of carbonyl (C=O) groups is 1. The number of carbonyl (C=O) groups excluding carboxylic acids is 1. The van der Waals surface area contributed by atoms with Crippen LogP contribution < -0.4 is 5.32 Å². The number of hydrogen-bond donors (Lipinski definition) is 1. The van der Waals surface area contributed by atoms with Crippen LogP contribution in [-0.4, -0.2) is 28.9 Å². The second-order valence-electron chi connectivity index (χ2n) is 5.57. The van der Waals surface area contributed by atoms with Gasteiger partial charge in [-0.2, -0.15) is 0 Å². The molecule has 1 aliphatic heterocycles. The first kappa shape index (κ1) is 16.4. The van der Waals surface area contributed by atoms with Crippen molar-refractivity contribution in [1.82, 2.24) is 9.88 Å². The maximum absolute atomic E-state index is 13.1. The molecule has 1 aromatic heterocycles. The van der Waals surface area contributed by atoms with Gasteiger partial charge >= 0.3 is 0 Å². The summed E-state index contributed by atoms with van der Waals surface area (Å²) in [6.45, 7) is 3.11. The first-order valence-electron chi connectivity index (χ1n) is 7.51. The van der Waals surface area contributed by atoms with Crippen molar-refractivity contribution in [2.45, 2.75) is 25.8 Å². The number of nitrogens with one attached hydrogen (secondary N) is 1. The molecule has 0 spiro atoms. The number of rotatable bonds is 5. The maximum Gasteiger partial charge on any atom is 0.230 e. The minimum atomic E-state index is -0.504. The first-order valence-corrected chi connectivity index (χ1v) is 8.76. The van der Waals surface area contributed by atoms with Crippen LogP contribution >= 0.6 is 22.9 Å². The third-order valence-electron chi connectivity index (χ3n) is 3.70. The molecule has 23 heavy (non-hydrogen) atoms. The SMILES string of the molecule is O=C(Cc1csc(CN2CCCC2)n1)Nc1ccc(F)c(Cl)c1. The summed E-state index contributed by atoms with van der Waals surface area (Å²) >= 11 is 7.29. The third kappa shape index (κ3) is 4.50. The fraction of sp³-hybridized carbons (Fsp3) is 0.375. The number of anilines is 1. The Morgan fingerprint density at radius 1 is 1.39 bits per heavy atom. The van der Waals surface area contributed by atoms with Crippen molar-refractivity contribution < 1.29 is 9.18 Å². The highest BCUT2D eigenvalue weighted by Gasteiger charge is 2.14. The fourth-order valence-corrected chi connectivity index (χ4v) is 3.59. The summed E-state index contributed by atoms with van der Waals surface area (Å²) in [5.74, 6) is -0.693. The van der Waals surface area contributed by atoms with Crippen molar-refractivity contribution in [3.05, 3.63) is 45.1 Å². The van der Waals surface area contributed by atoms with Crippen LogP contribution in [0.25, 0.3) is 0 Å². The van der Waals surface area contributed by atoms with Crippen molar-refractivity contribution >= 4 is 34.5 Å². The van der Waals surface area contributed by atoms with Gasteiger partial charge in [0.1, 0.15) is 10.8 Å². The Hall–Kier alpha value is -1.50. The molecule has 0 radical (unpaired) electrons. The molecule has 1 aliphatic rings. The van der Waals surface area contributed by atoms with Gasteiger partial charge in [0, 0.05) is 11.1 Å². The van der Waals surface area contributed by atoms with E-state index in [0.717, 1.165) is 30.3 Å². The van der Waals surface area contributed by atoms with Crippen LogP contribution in [0.4, 0.5) is 10.1 Å². The van der Waals surface area contributed by atoms with Crippen LogP contribution in [0, 0.1) is 5.82 Å². The number of halogens is 2. The van der Waals surface area contributed by atoms with Gasteiger partial charge in [0.05, 0.1) is 23.7 Å². The Labute approximate surface area is 143 Å². The Balaban J connectivity index is 1.55. The van der Waals surface area contributed by atoms with E-state index in [1.54, 1.807) is 11.3 Å². The molecule has 122 valence electrons. The number of benzene rings is 1. The van der Waals surface area contributed by atoms with Crippen molar-refractivity contribution in [2.24, 2.45) is 0 Å². The lowest BCUT2D eigenvalue weighted by atomic mass is 10.2. The van der Waals surface area contributed by atoms with E-state index >= 15 is 0 Å². The first-order chi connectivity index (χ1) is 11.1. The molecule has 0 unspecified atom stereocenters. The van der Waals surface area contributed by atoms with E-state index in [1.165, 1.54) is 31.0 Å². The summed E-state index contributed by atoms with van der Waals surface area (Å²) in [5, 5.41) is 5.66. The molecule has 1 saturated heterocycles. The van der Waals surface area contributed by atoms with Crippen LogP contribution in [0.15, 0.2) is 23.6 Å². The minimum Gasteiger partial charge on any atom is -0.326 e. The van der Waals surface area contributed by atoms with E-state index in [2.05, 4.69) is 15.2 Å². The molecule has 0 bridgehead atoms. The van der Waals surface area contributed by atoms with Crippen molar-refractivity contribution in [1.29, 1.82) is 0 Å². The average Bonchev–Trinajstić information content (AvgIpc) is 3.16. The van der Waals surface area contributed by atoms with Gasteiger partial charge in [-0.1, -0.05) is 11.6 Å². The monoisotopic (exact) mass is 353 g/mol. The van der Waals surface area contributed by atoms with Gasteiger partial charge in [0.2, 0.25) is 5.91 Å². The number of hydrogen-bond acceptors (Lipinski definition) is 4.